The summed E-state index contributed by atoms with van der Waals surface area (Å²) in [5.74, 6) is -1.02. The van der Waals surface area contributed by atoms with Gasteiger partial charge in [0.15, 0.2) is 38.8 Å². The van der Waals surface area contributed by atoms with Crippen LogP contribution in [0.1, 0.15) is 6.92 Å². The summed E-state index contributed by atoms with van der Waals surface area (Å²) < 4.78 is 35.6. The number of aliphatic hydroxyl groups excluding tert-OH is 1. The fraction of sp³-hybridized carbons (Fsp3) is 0.250. The molecule has 3 heterocycles. The van der Waals surface area contributed by atoms with E-state index >= 15 is 0 Å². The Hall–Kier alpha value is -4.27. The first-order valence-electron chi connectivity index (χ1n) is 11.4. The number of ether oxygens (including phenoxy) is 1. The van der Waals surface area contributed by atoms with Crippen molar-refractivity contribution in [2.45, 2.75) is 23.5 Å². The highest BCUT2D eigenvalue weighted by atomic mass is 32.2. The molecule has 2 atom stereocenters. The van der Waals surface area contributed by atoms with Gasteiger partial charge in [-0.25, -0.2) is 13.1 Å². The molecule has 1 unspecified atom stereocenters. The van der Waals surface area contributed by atoms with E-state index in [9.17, 15) is 23.1 Å². The average molecular weight is 541 g/mol. The molecule has 14 heteroatoms. The van der Waals surface area contributed by atoms with Crippen molar-refractivity contribution in [2.24, 2.45) is 0 Å². The number of aliphatic hydroxyl groups is 1. The van der Waals surface area contributed by atoms with Gasteiger partial charge in [0.05, 0.1) is 29.1 Å². The predicted molar refractivity (Wildman–Crippen MR) is 136 cm³/mol. The molecular weight excluding hydrogens is 516 g/mol. The summed E-state index contributed by atoms with van der Waals surface area (Å²) in [6.07, 6.45) is 0.883. The van der Waals surface area contributed by atoms with Crippen LogP contribution in [0, 0.1) is 0 Å². The summed E-state index contributed by atoms with van der Waals surface area (Å²) >= 11 is 0. The van der Waals surface area contributed by atoms with Crippen molar-refractivity contribution in [3.63, 3.8) is 0 Å². The van der Waals surface area contributed by atoms with E-state index in [2.05, 4.69) is 15.6 Å². The number of morpholine rings is 1. The Kier molecular flexibility index (Phi) is 6.17. The first-order valence-corrected chi connectivity index (χ1v) is 13.3. The number of fused-ring (bicyclic) bond motifs is 1. The molecule has 2 aromatic carbocycles. The Bertz CT molecular complexity index is 1650. The van der Waals surface area contributed by atoms with Crippen molar-refractivity contribution in [1.29, 1.82) is 0 Å². The van der Waals surface area contributed by atoms with Gasteiger partial charge in [0.1, 0.15) is 0 Å². The number of sulfone groups is 1. The van der Waals surface area contributed by atoms with Crippen LogP contribution in [-0.2, 0) is 24.2 Å². The minimum atomic E-state index is -3.34. The summed E-state index contributed by atoms with van der Waals surface area (Å²) in [6, 6.07) is 12.4. The molecule has 4 aromatic rings. The summed E-state index contributed by atoms with van der Waals surface area (Å²) in [6.45, 7) is 1.54. The van der Waals surface area contributed by atoms with Crippen molar-refractivity contribution < 1.29 is 32.4 Å². The second-order valence-electron chi connectivity index (χ2n) is 8.97. The van der Waals surface area contributed by atoms with Crippen molar-refractivity contribution in [3.05, 3.63) is 54.7 Å². The molecule has 2 amide bonds. The number of nitrogen functional groups attached to an aromatic ring is 1. The van der Waals surface area contributed by atoms with E-state index in [-0.39, 0.29) is 29.7 Å². The molecule has 198 valence electrons. The molecule has 0 radical (unpaired) electrons. The minimum Gasteiger partial charge on any atom is -0.380 e. The number of anilines is 3. The van der Waals surface area contributed by atoms with Crippen LogP contribution in [0.2, 0.25) is 0 Å². The van der Waals surface area contributed by atoms with Crippen molar-refractivity contribution in [2.75, 3.05) is 35.4 Å². The summed E-state index contributed by atoms with van der Waals surface area (Å²) in [5.41, 5.74) is 5.05. The van der Waals surface area contributed by atoms with Crippen molar-refractivity contribution in [3.8, 4) is 5.69 Å². The average Bonchev–Trinajstić information content (AvgIpc) is 3.52. The number of benzene rings is 2. The lowest BCUT2D eigenvalue weighted by molar-refractivity contribution is -0.170. The number of hydrogen-bond acceptors (Lipinski definition) is 10. The molecule has 4 N–H and O–H groups in total. The number of carbonyl (C=O) groups excluding carboxylic acids is 2. The molecule has 1 aliphatic heterocycles. The van der Waals surface area contributed by atoms with E-state index in [1.807, 2.05) is 0 Å². The summed E-state index contributed by atoms with van der Waals surface area (Å²) in [7, 11) is -3.34. The number of amides is 2. The molecule has 0 aliphatic carbocycles. The van der Waals surface area contributed by atoms with Gasteiger partial charge in [-0.15, -0.1) is 5.10 Å². The zero-order valence-corrected chi connectivity index (χ0v) is 21.2. The number of rotatable bonds is 6. The maximum Gasteiger partial charge on any atom is 0.263 e. The second-order valence-corrected chi connectivity index (χ2v) is 11.0. The lowest BCUT2D eigenvalue weighted by atomic mass is 9.94. The zero-order valence-electron chi connectivity index (χ0n) is 20.4. The highest BCUT2D eigenvalue weighted by molar-refractivity contribution is 7.90. The van der Waals surface area contributed by atoms with Gasteiger partial charge in [-0.2, -0.15) is 0 Å². The lowest BCUT2D eigenvalue weighted by Gasteiger charge is -2.40. The van der Waals surface area contributed by atoms with Crippen LogP contribution in [0.4, 0.5) is 17.3 Å². The largest absolute Gasteiger partial charge is 0.380 e. The van der Waals surface area contributed by atoms with Gasteiger partial charge in [0, 0.05) is 30.3 Å². The Morgan fingerprint density at radius 1 is 1.21 bits per heavy atom. The van der Waals surface area contributed by atoms with Gasteiger partial charge in [0.2, 0.25) is 0 Å². The van der Waals surface area contributed by atoms with Gasteiger partial charge in [-0.05, 0) is 43.3 Å². The van der Waals surface area contributed by atoms with Crippen molar-refractivity contribution >= 4 is 49.9 Å². The van der Waals surface area contributed by atoms with Gasteiger partial charge in [-0.1, -0.05) is 5.16 Å². The van der Waals surface area contributed by atoms with Gasteiger partial charge < -0.3 is 25.4 Å². The number of carbonyl (C=O) groups is 2. The highest BCUT2D eigenvalue weighted by Crippen LogP contribution is 2.29. The van der Waals surface area contributed by atoms with E-state index in [0.29, 0.717) is 22.3 Å². The van der Waals surface area contributed by atoms with Crippen LogP contribution in [0.5, 0.6) is 0 Å². The van der Waals surface area contributed by atoms with Crippen LogP contribution >= 0.6 is 0 Å². The molecule has 5 rings (SSSR count). The molecule has 0 spiro atoms. The third-order valence-electron chi connectivity index (χ3n) is 6.31. The molecule has 2 aromatic heterocycles. The lowest BCUT2D eigenvalue weighted by Crippen LogP contribution is -2.63. The summed E-state index contributed by atoms with van der Waals surface area (Å²) in [5, 5.41) is 22.1. The fourth-order valence-electron chi connectivity index (χ4n) is 4.14. The molecule has 1 fully saturated rings. The third kappa shape index (κ3) is 4.49. The maximum atomic E-state index is 13.4. The smallest absolute Gasteiger partial charge is 0.263 e. The quantitative estimate of drug-likeness (QED) is 0.320. The third-order valence-corrected chi connectivity index (χ3v) is 7.43. The van der Waals surface area contributed by atoms with Crippen LogP contribution in [-0.4, -0.2) is 71.4 Å². The Morgan fingerprint density at radius 2 is 1.95 bits per heavy atom. The van der Waals surface area contributed by atoms with Crippen molar-refractivity contribution in [1.82, 2.24) is 14.9 Å². The molecule has 38 heavy (non-hydrogen) atoms. The number of nitrogens with one attached hydrogen (secondary N) is 1. The fourth-order valence-corrected chi connectivity index (χ4v) is 4.77. The van der Waals surface area contributed by atoms with Gasteiger partial charge in [0.25, 0.3) is 11.8 Å². The second kappa shape index (κ2) is 9.24. The first kappa shape index (κ1) is 25.4. The Labute approximate surface area is 216 Å². The summed E-state index contributed by atoms with van der Waals surface area (Å²) in [4.78, 5) is 27.8. The molecule has 0 bridgehead atoms. The Balaban J connectivity index is 1.33. The van der Waals surface area contributed by atoms with E-state index in [4.69, 9.17) is 15.0 Å². The molecule has 0 saturated carbocycles. The Morgan fingerprint density at radius 3 is 2.66 bits per heavy atom. The van der Waals surface area contributed by atoms with Gasteiger partial charge >= 0.3 is 0 Å². The number of aromatic nitrogens is 3. The first-order chi connectivity index (χ1) is 18.0. The standard InChI is InChI=1S/C24H24N6O7S/c1-24(20(31)22(32)26-14-3-8-17-18(13-14)37-28-21(17)25)23(33)29(11-12-36-24)19-9-10-30(27-19)15-4-6-16(7-5-15)38(2,34)35/h3-10,13,20,31H,11-12H2,1-2H3,(H2,25,28)(H,26,32)/t20?,24-/m1/s1. The minimum absolute atomic E-state index is 0.0474. The number of nitrogens with zero attached hydrogens (tertiary/aromatic N) is 4. The van der Waals surface area contributed by atoms with E-state index < -0.39 is 33.4 Å². The number of hydrogen-bond donors (Lipinski definition) is 3. The molecule has 13 nitrogen and oxygen atoms in total. The monoisotopic (exact) mass is 540 g/mol. The molecule has 1 saturated heterocycles. The molecular formula is C24H24N6O7S. The highest BCUT2D eigenvalue weighted by Gasteiger charge is 2.51. The van der Waals surface area contributed by atoms with Crippen LogP contribution in [0.25, 0.3) is 16.7 Å². The normalized spacial score (nSPS) is 19.0. The van der Waals surface area contributed by atoms with Crippen LogP contribution in [0.15, 0.2) is 64.1 Å². The van der Waals surface area contributed by atoms with Crippen LogP contribution in [0.3, 0.4) is 0 Å². The van der Waals surface area contributed by atoms with E-state index in [1.54, 1.807) is 36.5 Å². The number of nitrogens with two attached hydrogens (primary N) is 1. The molecule has 1 aliphatic rings. The SMILES string of the molecule is C[C@]1(C(O)C(=O)Nc2ccc3c(N)noc3c2)OCCN(c2ccn(-c3ccc(S(C)(=O)=O)cc3)n2)C1=O. The predicted octanol–water partition coefficient (Wildman–Crippen LogP) is 1.12. The topological polar surface area (TPSA) is 183 Å². The zero-order chi connectivity index (χ0) is 27.2. The van der Waals surface area contributed by atoms with E-state index in [1.165, 1.54) is 34.7 Å². The van der Waals surface area contributed by atoms with Gasteiger partial charge in [-0.3, -0.25) is 14.5 Å². The maximum absolute atomic E-state index is 13.4. The van der Waals surface area contributed by atoms with Crippen LogP contribution < -0.4 is 16.0 Å². The van der Waals surface area contributed by atoms with E-state index in [0.717, 1.165) is 6.26 Å².